The fourth-order valence-electron chi connectivity index (χ4n) is 2.14. The zero-order chi connectivity index (χ0) is 25.6. The molecule has 0 aliphatic rings. The zero-order valence-electron chi connectivity index (χ0n) is 20.2. The Morgan fingerprint density at radius 1 is 0.222 bits per heavy atom. The van der Waals surface area contributed by atoms with Crippen LogP contribution < -0.4 is 0 Å². The molecule has 0 bridgehead atoms. The summed E-state index contributed by atoms with van der Waals surface area (Å²) in [6, 6.07) is 43.6. The Labute approximate surface area is 234 Å². The van der Waals surface area contributed by atoms with Crippen molar-refractivity contribution < 1.29 is 25.5 Å². The molecule has 0 spiro atoms. The van der Waals surface area contributed by atoms with Crippen molar-refractivity contribution in [1.29, 1.82) is 0 Å². The summed E-state index contributed by atoms with van der Waals surface area (Å²) in [6.45, 7) is 0. The van der Waals surface area contributed by atoms with Gasteiger partial charge in [-0.15, -0.1) is 0 Å². The fourth-order valence-corrected chi connectivity index (χ4v) is 2.14. The van der Waals surface area contributed by atoms with E-state index in [1.807, 2.05) is 30.3 Å². The van der Waals surface area contributed by atoms with E-state index < -0.39 is 0 Å². The number of phenolic OH excluding ortho intramolecular Hbond substituents is 5. The Hall–Kier alpha value is -3.90. The smallest absolute Gasteiger partial charge is 0.115 e. The molecule has 1 radical (unpaired) electrons. The molecule has 0 saturated heterocycles. The van der Waals surface area contributed by atoms with Gasteiger partial charge in [0.1, 0.15) is 28.7 Å². The molecule has 6 heteroatoms. The fraction of sp³-hybridized carbons (Fsp3) is 0. The first-order chi connectivity index (χ1) is 17.0. The quantitative estimate of drug-likeness (QED) is 0.157. The molecule has 5 aromatic rings. The Morgan fingerprint density at radius 2 is 0.333 bits per heavy atom. The van der Waals surface area contributed by atoms with Crippen molar-refractivity contribution in [2.75, 3.05) is 0 Å². The van der Waals surface area contributed by atoms with E-state index in [1.165, 1.54) is 0 Å². The molecule has 0 aliphatic carbocycles. The minimum Gasteiger partial charge on any atom is -0.508 e. The van der Waals surface area contributed by atoms with Crippen molar-refractivity contribution >= 4 is 29.6 Å². The van der Waals surface area contributed by atoms with E-state index in [2.05, 4.69) is 0 Å². The van der Waals surface area contributed by atoms with E-state index in [0.29, 0.717) is 28.7 Å². The molecule has 0 aliphatic heterocycles. The van der Waals surface area contributed by atoms with E-state index in [4.69, 9.17) is 25.5 Å². The number of hydrogen-bond acceptors (Lipinski definition) is 5. The Balaban J connectivity index is 0.000000422. The first kappa shape index (κ1) is 32.1. The van der Waals surface area contributed by atoms with Gasteiger partial charge in [0.25, 0.3) is 0 Å². The van der Waals surface area contributed by atoms with Gasteiger partial charge in [-0.3, -0.25) is 0 Å². The molecule has 5 rings (SSSR count). The Bertz CT molecular complexity index is 895. The van der Waals surface area contributed by atoms with Crippen molar-refractivity contribution in [2.45, 2.75) is 0 Å². The molecule has 0 heterocycles. The summed E-state index contributed by atoms with van der Waals surface area (Å²) >= 11 is 0. The van der Waals surface area contributed by atoms with Gasteiger partial charge < -0.3 is 25.5 Å². The summed E-state index contributed by atoms with van der Waals surface area (Å²) in [5.74, 6) is 1.61. The van der Waals surface area contributed by atoms with Crippen LogP contribution in [-0.4, -0.2) is 55.1 Å². The summed E-state index contributed by atoms with van der Waals surface area (Å²) in [6.07, 6.45) is 0. The van der Waals surface area contributed by atoms with E-state index in [9.17, 15) is 0 Å². The SMILES string of the molecule is Oc1ccccc1.Oc1ccccc1.Oc1ccccc1.Oc1ccccc1.Oc1ccccc1.[Na]. The zero-order valence-corrected chi connectivity index (χ0v) is 22.2. The number of phenols is 5. The summed E-state index contributed by atoms with van der Waals surface area (Å²) in [5, 5.41) is 43.2. The maximum atomic E-state index is 8.63. The normalized spacial score (nSPS) is 8.33. The topological polar surface area (TPSA) is 101 Å². The average molecular weight is 494 g/mol. The standard InChI is InChI=1S/5C6H6O.Na/c5*7-6-4-2-1-3-5-6;/h5*1-5,7H;. The number of rotatable bonds is 0. The van der Waals surface area contributed by atoms with Crippen LogP contribution >= 0.6 is 0 Å². The molecule has 181 valence electrons. The number of aromatic hydroxyl groups is 5. The minimum atomic E-state index is 0. The number of hydrogen-bond donors (Lipinski definition) is 5. The largest absolute Gasteiger partial charge is 0.508 e. The van der Waals surface area contributed by atoms with Gasteiger partial charge in [0, 0.05) is 29.6 Å². The van der Waals surface area contributed by atoms with Gasteiger partial charge in [-0.25, -0.2) is 0 Å². The third-order valence-corrected chi connectivity index (χ3v) is 3.78. The molecule has 5 aromatic carbocycles. The molecule has 5 nitrogen and oxygen atoms in total. The first-order valence-electron chi connectivity index (χ1n) is 10.7. The maximum absolute atomic E-state index is 8.63. The van der Waals surface area contributed by atoms with Crippen LogP contribution in [0.3, 0.4) is 0 Å². The predicted molar refractivity (Wildman–Crippen MR) is 146 cm³/mol. The van der Waals surface area contributed by atoms with Crippen molar-refractivity contribution in [2.24, 2.45) is 0 Å². The molecule has 0 aromatic heterocycles. The first-order valence-corrected chi connectivity index (χ1v) is 10.7. The number of benzene rings is 5. The molecule has 0 atom stereocenters. The Kier molecular flexibility index (Phi) is 19.3. The van der Waals surface area contributed by atoms with Crippen LogP contribution in [0, 0.1) is 0 Å². The summed E-state index contributed by atoms with van der Waals surface area (Å²) in [4.78, 5) is 0. The van der Waals surface area contributed by atoms with Crippen LogP contribution in [0.4, 0.5) is 0 Å². The van der Waals surface area contributed by atoms with Gasteiger partial charge in [-0.05, 0) is 60.7 Å². The van der Waals surface area contributed by atoms with E-state index in [1.54, 1.807) is 121 Å². The van der Waals surface area contributed by atoms with Gasteiger partial charge in [-0.2, -0.15) is 0 Å². The van der Waals surface area contributed by atoms with Crippen LogP contribution in [0.2, 0.25) is 0 Å². The second-order valence-electron chi connectivity index (χ2n) is 6.68. The van der Waals surface area contributed by atoms with Crippen LogP contribution in [0.15, 0.2) is 152 Å². The predicted octanol–water partition coefficient (Wildman–Crippen LogP) is 6.58. The van der Waals surface area contributed by atoms with Gasteiger partial charge >= 0.3 is 0 Å². The van der Waals surface area contributed by atoms with Crippen LogP contribution in [-0.2, 0) is 0 Å². The van der Waals surface area contributed by atoms with Crippen molar-refractivity contribution in [1.82, 2.24) is 0 Å². The summed E-state index contributed by atoms with van der Waals surface area (Å²) in [5.41, 5.74) is 0. The molecule has 0 saturated carbocycles. The molecule has 5 N–H and O–H groups in total. The van der Waals surface area contributed by atoms with Crippen LogP contribution in [0.5, 0.6) is 28.7 Å². The minimum absolute atomic E-state index is 0. The van der Waals surface area contributed by atoms with Crippen molar-refractivity contribution in [3.63, 3.8) is 0 Å². The monoisotopic (exact) mass is 493 g/mol. The van der Waals surface area contributed by atoms with Crippen molar-refractivity contribution in [3.05, 3.63) is 152 Å². The van der Waals surface area contributed by atoms with Gasteiger partial charge in [0.15, 0.2) is 0 Å². The van der Waals surface area contributed by atoms with Crippen LogP contribution in [0.1, 0.15) is 0 Å². The summed E-state index contributed by atoms with van der Waals surface area (Å²) in [7, 11) is 0. The van der Waals surface area contributed by atoms with E-state index >= 15 is 0 Å². The molecular formula is C30H30NaO5. The van der Waals surface area contributed by atoms with Crippen molar-refractivity contribution in [3.8, 4) is 28.7 Å². The second kappa shape index (κ2) is 21.6. The molecule has 0 fully saturated rings. The molecule has 0 unspecified atom stereocenters. The molecule has 0 amide bonds. The van der Waals surface area contributed by atoms with Crippen LogP contribution in [0.25, 0.3) is 0 Å². The van der Waals surface area contributed by atoms with Gasteiger partial charge in [0.05, 0.1) is 0 Å². The van der Waals surface area contributed by atoms with E-state index in [-0.39, 0.29) is 29.6 Å². The molecule has 36 heavy (non-hydrogen) atoms. The third kappa shape index (κ3) is 19.6. The maximum Gasteiger partial charge on any atom is 0.115 e. The second-order valence-corrected chi connectivity index (χ2v) is 6.68. The average Bonchev–Trinajstić information content (AvgIpc) is 2.88. The van der Waals surface area contributed by atoms with E-state index in [0.717, 1.165) is 0 Å². The van der Waals surface area contributed by atoms with Gasteiger partial charge in [-0.1, -0.05) is 91.0 Å². The third-order valence-electron chi connectivity index (χ3n) is 3.78. The van der Waals surface area contributed by atoms with Gasteiger partial charge in [0.2, 0.25) is 0 Å². The summed E-state index contributed by atoms with van der Waals surface area (Å²) < 4.78 is 0. The Morgan fingerprint density at radius 3 is 0.389 bits per heavy atom. The molecular weight excluding hydrogens is 463 g/mol. The number of para-hydroxylation sites is 5.